The summed E-state index contributed by atoms with van der Waals surface area (Å²) in [5.41, 5.74) is 0.995. The van der Waals surface area contributed by atoms with Gasteiger partial charge in [0.1, 0.15) is 9.97 Å². The van der Waals surface area contributed by atoms with Gasteiger partial charge in [0.25, 0.3) is 10.0 Å². The smallest absolute Gasteiger partial charge is 0.252 e. The molecule has 0 N–H and O–H groups in total. The van der Waals surface area contributed by atoms with Crippen molar-refractivity contribution in [3.05, 3.63) is 46.0 Å². The number of thiazole rings is 1. The lowest BCUT2D eigenvalue weighted by Crippen LogP contribution is -2.48. The minimum atomic E-state index is -3.37. The summed E-state index contributed by atoms with van der Waals surface area (Å²) in [6.45, 7) is 6.99. The first kappa shape index (κ1) is 18.8. The zero-order chi connectivity index (χ0) is 19.0. The molecule has 0 bridgehead atoms. The zero-order valence-corrected chi connectivity index (χ0v) is 17.7. The molecule has 0 aromatic carbocycles. The summed E-state index contributed by atoms with van der Waals surface area (Å²) in [5, 5.41) is 2.93. The van der Waals surface area contributed by atoms with Crippen molar-refractivity contribution < 1.29 is 12.8 Å². The molecule has 0 unspecified atom stereocenters. The second kappa shape index (κ2) is 7.48. The van der Waals surface area contributed by atoms with Crippen molar-refractivity contribution in [1.29, 1.82) is 0 Å². The summed E-state index contributed by atoms with van der Waals surface area (Å²) in [7, 11) is -3.37. The lowest BCUT2D eigenvalue weighted by molar-refractivity contribution is 0.180. The molecular weight excluding hydrogens is 402 g/mol. The van der Waals surface area contributed by atoms with E-state index >= 15 is 0 Å². The first-order chi connectivity index (χ1) is 12.9. The number of rotatable bonds is 5. The molecule has 0 aliphatic carbocycles. The Morgan fingerprint density at radius 3 is 2.52 bits per heavy atom. The summed E-state index contributed by atoms with van der Waals surface area (Å²) in [6.07, 6.45) is 0. The Hall–Kier alpha value is -1.52. The number of sulfonamides is 1. The van der Waals surface area contributed by atoms with Gasteiger partial charge in [-0.3, -0.25) is 4.90 Å². The summed E-state index contributed by atoms with van der Waals surface area (Å²) >= 11 is 2.91. The van der Waals surface area contributed by atoms with Crippen LogP contribution in [0.3, 0.4) is 0 Å². The van der Waals surface area contributed by atoms with Gasteiger partial charge < -0.3 is 4.42 Å². The van der Waals surface area contributed by atoms with E-state index < -0.39 is 10.0 Å². The Morgan fingerprint density at radius 2 is 1.89 bits per heavy atom. The summed E-state index contributed by atoms with van der Waals surface area (Å²) in [6, 6.07) is 7.43. The number of thiophene rings is 1. The van der Waals surface area contributed by atoms with Crippen molar-refractivity contribution in [1.82, 2.24) is 14.2 Å². The van der Waals surface area contributed by atoms with Crippen LogP contribution in [0.5, 0.6) is 0 Å². The largest absolute Gasteiger partial charge is 0.459 e. The van der Waals surface area contributed by atoms with Crippen LogP contribution in [0.25, 0.3) is 10.8 Å². The van der Waals surface area contributed by atoms with E-state index in [2.05, 4.69) is 9.88 Å². The second-order valence-electron chi connectivity index (χ2n) is 6.60. The van der Waals surface area contributed by atoms with Gasteiger partial charge >= 0.3 is 0 Å². The minimum Gasteiger partial charge on any atom is -0.459 e. The van der Waals surface area contributed by atoms with E-state index in [4.69, 9.17) is 4.42 Å². The van der Waals surface area contributed by atoms with Crippen molar-refractivity contribution in [2.45, 2.75) is 24.6 Å². The van der Waals surface area contributed by atoms with E-state index in [-0.39, 0.29) is 0 Å². The Kier molecular flexibility index (Phi) is 5.21. The second-order valence-corrected chi connectivity index (χ2v) is 10.9. The SMILES string of the molecule is Cc1ccc(-c2nc(CN3CCN(S(=O)(=O)c4ccc(C)s4)CC3)cs2)o1. The topological polar surface area (TPSA) is 66.7 Å². The summed E-state index contributed by atoms with van der Waals surface area (Å²) < 4.78 is 33.1. The molecule has 0 amide bonds. The van der Waals surface area contributed by atoms with Crippen LogP contribution < -0.4 is 0 Å². The van der Waals surface area contributed by atoms with Crippen molar-refractivity contribution in [3.8, 4) is 10.8 Å². The fourth-order valence-electron chi connectivity index (χ4n) is 3.08. The Bertz CT molecular complexity index is 1030. The van der Waals surface area contributed by atoms with Gasteiger partial charge in [-0.1, -0.05) is 0 Å². The van der Waals surface area contributed by atoms with Gasteiger partial charge in [0.2, 0.25) is 0 Å². The predicted octanol–water partition coefficient (Wildman–Crippen LogP) is 3.59. The fourth-order valence-corrected chi connectivity index (χ4v) is 6.71. The minimum absolute atomic E-state index is 0.436. The standard InChI is InChI=1S/C18H21N3O3S3/c1-13-3-5-16(24-13)18-19-15(12-25-18)11-20-7-9-21(10-8-20)27(22,23)17-6-4-14(2)26-17/h3-6,12H,7-11H2,1-2H3. The number of aryl methyl sites for hydroxylation is 2. The molecule has 0 saturated carbocycles. The van der Waals surface area contributed by atoms with E-state index in [9.17, 15) is 8.42 Å². The van der Waals surface area contributed by atoms with Crippen LogP contribution in [0, 0.1) is 13.8 Å². The average molecular weight is 424 g/mol. The van der Waals surface area contributed by atoms with Crippen molar-refractivity contribution in [2.24, 2.45) is 0 Å². The Labute approximate surface area is 167 Å². The molecule has 3 aromatic rings. The van der Waals surface area contributed by atoms with Gasteiger partial charge in [-0.25, -0.2) is 13.4 Å². The van der Waals surface area contributed by atoms with E-state index in [1.165, 1.54) is 11.3 Å². The molecule has 1 aliphatic rings. The monoisotopic (exact) mass is 423 g/mol. The number of furan rings is 1. The Morgan fingerprint density at radius 1 is 1.11 bits per heavy atom. The van der Waals surface area contributed by atoms with Crippen LogP contribution in [0.4, 0.5) is 0 Å². The number of hydrogen-bond donors (Lipinski definition) is 0. The number of nitrogens with zero attached hydrogens (tertiary/aromatic N) is 3. The summed E-state index contributed by atoms with van der Waals surface area (Å²) in [4.78, 5) is 7.92. The molecule has 0 radical (unpaired) electrons. The van der Waals surface area contributed by atoms with Gasteiger partial charge in [0.15, 0.2) is 10.8 Å². The van der Waals surface area contributed by atoms with Crippen LogP contribution in [-0.2, 0) is 16.6 Å². The van der Waals surface area contributed by atoms with Crippen molar-refractivity contribution >= 4 is 32.7 Å². The molecule has 0 spiro atoms. The normalized spacial score (nSPS) is 16.8. The third-order valence-electron chi connectivity index (χ3n) is 4.53. The van der Waals surface area contributed by atoms with E-state index in [0.717, 1.165) is 33.6 Å². The van der Waals surface area contributed by atoms with Crippen molar-refractivity contribution in [2.75, 3.05) is 26.2 Å². The van der Waals surface area contributed by atoms with Gasteiger partial charge in [0, 0.05) is 43.0 Å². The van der Waals surface area contributed by atoms with E-state index in [0.29, 0.717) is 30.4 Å². The predicted molar refractivity (Wildman–Crippen MR) is 108 cm³/mol. The lowest BCUT2D eigenvalue weighted by atomic mass is 10.3. The third-order valence-corrected chi connectivity index (χ3v) is 8.80. The molecule has 4 heterocycles. The molecular formula is C18H21N3O3S3. The van der Waals surface area contributed by atoms with Crippen LogP contribution in [0.15, 0.2) is 38.3 Å². The molecule has 1 aliphatic heterocycles. The van der Waals surface area contributed by atoms with Crippen LogP contribution >= 0.6 is 22.7 Å². The molecule has 1 fully saturated rings. The molecule has 27 heavy (non-hydrogen) atoms. The molecule has 1 saturated heterocycles. The van der Waals surface area contributed by atoms with Gasteiger partial charge in [-0.15, -0.1) is 22.7 Å². The third kappa shape index (κ3) is 4.02. The lowest BCUT2D eigenvalue weighted by Gasteiger charge is -2.33. The van der Waals surface area contributed by atoms with Crippen LogP contribution in [0.1, 0.15) is 16.3 Å². The number of piperazine rings is 1. The number of aromatic nitrogens is 1. The molecule has 4 rings (SSSR count). The molecule has 0 atom stereocenters. The van der Waals surface area contributed by atoms with Gasteiger partial charge in [-0.05, 0) is 38.1 Å². The average Bonchev–Trinajstić information content (AvgIpc) is 3.37. The zero-order valence-electron chi connectivity index (χ0n) is 15.2. The molecule has 144 valence electrons. The molecule has 9 heteroatoms. The maximum Gasteiger partial charge on any atom is 0.252 e. The fraction of sp³-hybridized carbons (Fsp3) is 0.389. The first-order valence-corrected chi connectivity index (χ1v) is 11.9. The first-order valence-electron chi connectivity index (χ1n) is 8.72. The van der Waals surface area contributed by atoms with Gasteiger partial charge in [-0.2, -0.15) is 4.31 Å². The Balaban J connectivity index is 1.37. The quantitative estimate of drug-likeness (QED) is 0.627. The number of hydrogen-bond acceptors (Lipinski definition) is 7. The highest BCUT2D eigenvalue weighted by molar-refractivity contribution is 7.91. The molecule has 3 aromatic heterocycles. The van der Waals surface area contributed by atoms with Crippen LogP contribution in [-0.4, -0.2) is 48.8 Å². The maximum atomic E-state index is 12.7. The maximum absolute atomic E-state index is 12.7. The highest BCUT2D eigenvalue weighted by Gasteiger charge is 2.29. The highest BCUT2D eigenvalue weighted by atomic mass is 32.2. The molecule has 6 nitrogen and oxygen atoms in total. The van der Waals surface area contributed by atoms with E-state index in [1.54, 1.807) is 21.7 Å². The summed E-state index contributed by atoms with van der Waals surface area (Å²) in [5.74, 6) is 1.67. The van der Waals surface area contributed by atoms with Crippen molar-refractivity contribution in [3.63, 3.8) is 0 Å². The van der Waals surface area contributed by atoms with Gasteiger partial charge in [0.05, 0.1) is 5.69 Å². The van der Waals surface area contributed by atoms with Crippen LogP contribution in [0.2, 0.25) is 0 Å². The van der Waals surface area contributed by atoms with E-state index in [1.807, 2.05) is 37.4 Å². The highest BCUT2D eigenvalue weighted by Crippen LogP contribution is 2.27.